The Morgan fingerprint density at radius 2 is 1.81 bits per heavy atom. The number of hydrogen-bond acceptors (Lipinski definition) is 2. The molecule has 1 unspecified atom stereocenters. The molecule has 1 fully saturated rings. The summed E-state index contributed by atoms with van der Waals surface area (Å²) in [4.78, 5) is 25.8. The van der Waals surface area contributed by atoms with Crippen LogP contribution in [0.25, 0.3) is 0 Å². The van der Waals surface area contributed by atoms with Crippen molar-refractivity contribution < 1.29 is 14.7 Å². The van der Waals surface area contributed by atoms with E-state index in [-0.39, 0.29) is 5.91 Å². The molecule has 2 rings (SSSR count). The van der Waals surface area contributed by atoms with Gasteiger partial charge in [0.2, 0.25) is 5.91 Å². The largest absolute Gasteiger partial charge is 0.480 e. The van der Waals surface area contributed by atoms with Crippen molar-refractivity contribution in [2.24, 2.45) is 0 Å². The zero-order valence-corrected chi connectivity index (χ0v) is 12.7. The smallest absolute Gasteiger partial charge is 0.326 e. The number of nitrogens with zero attached hydrogens (tertiary/aromatic N) is 1. The highest BCUT2D eigenvalue weighted by Crippen LogP contribution is 2.42. The van der Waals surface area contributed by atoms with Crippen LogP contribution >= 0.6 is 0 Å². The van der Waals surface area contributed by atoms with E-state index in [2.05, 4.69) is 0 Å². The average molecular weight is 289 g/mol. The number of amides is 1. The number of carboxylic acids is 1. The summed E-state index contributed by atoms with van der Waals surface area (Å²) < 4.78 is 0. The summed E-state index contributed by atoms with van der Waals surface area (Å²) in [6.07, 6.45) is 4.05. The maximum Gasteiger partial charge on any atom is 0.326 e. The number of carboxylic acid groups (broad SMARTS) is 1. The van der Waals surface area contributed by atoms with Crippen molar-refractivity contribution in [3.63, 3.8) is 0 Å². The molecule has 0 radical (unpaired) electrons. The van der Waals surface area contributed by atoms with Crippen LogP contribution in [-0.4, -0.2) is 35.0 Å². The second-order valence-electron chi connectivity index (χ2n) is 5.83. The summed E-state index contributed by atoms with van der Waals surface area (Å²) in [5.74, 6) is -0.991. The van der Waals surface area contributed by atoms with Gasteiger partial charge in [-0.2, -0.15) is 0 Å². The Morgan fingerprint density at radius 3 is 2.29 bits per heavy atom. The number of hydrogen-bond donors (Lipinski definition) is 1. The van der Waals surface area contributed by atoms with Crippen molar-refractivity contribution in [2.45, 2.75) is 50.5 Å². The third kappa shape index (κ3) is 2.80. The average Bonchev–Trinajstić information content (AvgIpc) is 2.98. The molecule has 0 bridgehead atoms. The standard InChI is InChI=1S/C17H23NO3/c1-3-14(15(19)20)18(2)16(21)17(11-7-8-12-17)13-9-5-4-6-10-13/h4-6,9-10,14H,3,7-8,11-12H2,1-2H3,(H,19,20). The van der Waals surface area contributed by atoms with E-state index in [4.69, 9.17) is 0 Å². The van der Waals surface area contributed by atoms with Gasteiger partial charge in [-0.05, 0) is 24.8 Å². The highest BCUT2D eigenvalue weighted by atomic mass is 16.4. The number of aliphatic carboxylic acids is 1. The molecule has 1 N–H and O–H groups in total. The van der Waals surface area contributed by atoms with E-state index in [1.165, 1.54) is 4.90 Å². The van der Waals surface area contributed by atoms with Gasteiger partial charge in [-0.3, -0.25) is 4.79 Å². The zero-order valence-electron chi connectivity index (χ0n) is 12.7. The topological polar surface area (TPSA) is 57.6 Å². The summed E-state index contributed by atoms with van der Waals surface area (Å²) in [7, 11) is 1.62. The number of rotatable bonds is 5. The van der Waals surface area contributed by atoms with Crippen LogP contribution in [0.1, 0.15) is 44.6 Å². The van der Waals surface area contributed by atoms with Crippen molar-refractivity contribution in [3.05, 3.63) is 35.9 Å². The quantitative estimate of drug-likeness (QED) is 0.906. The molecule has 4 nitrogen and oxygen atoms in total. The lowest BCUT2D eigenvalue weighted by Gasteiger charge is -2.35. The highest BCUT2D eigenvalue weighted by molar-refractivity contribution is 5.91. The second-order valence-corrected chi connectivity index (χ2v) is 5.83. The third-order valence-electron chi connectivity index (χ3n) is 4.65. The molecule has 1 saturated carbocycles. The van der Waals surface area contributed by atoms with Crippen molar-refractivity contribution in [3.8, 4) is 0 Å². The van der Waals surface area contributed by atoms with E-state index >= 15 is 0 Å². The molecule has 1 aliphatic carbocycles. The lowest BCUT2D eigenvalue weighted by Crippen LogP contribution is -2.50. The van der Waals surface area contributed by atoms with E-state index in [1.807, 2.05) is 30.3 Å². The van der Waals surface area contributed by atoms with Gasteiger partial charge in [0.15, 0.2) is 0 Å². The number of carbonyl (C=O) groups is 2. The number of benzene rings is 1. The predicted molar refractivity (Wildman–Crippen MR) is 81.1 cm³/mol. The van der Waals surface area contributed by atoms with Gasteiger partial charge in [0, 0.05) is 7.05 Å². The number of likely N-dealkylation sites (N-methyl/N-ethyl adjacent to an activating group) is 1. The molecule has 0 spiro atoms. The van der Waals surface area contributed by atoms with Crippen molar-refractivity contribution in [1.82, 2.24) is 4.90 Å². The minimum atomic E-state index is -0.936. The van der Waals surface area contributed by atoms with E-state index in [9.17, 15) is 14.7 Å². The van der Waals surface area contributed by atoms with Crippen LogP contribution in [0, 0.1) is 0 Å². The molecule has 0 saturated heterocycles. The maximum atomic E-state index is 13.0. The Kier molecular flexibility index (Phi) is 4.66. The van der Waals surface area contributed by atoms with E-state index in [0.29, 0.717) is 6.42 Å². The normalized spacial score (nSPS) is 18.2. The van der Waals surface area contributed by atoms with E-state index in [1.54, 1.807) is 14.0 Å². The lowest BCUT2D eigenvalue weighted by atomic mass is 9.77. The maximum absolute atomic E-state index is 13.0. The molecular formula is C17H23NO3. The molecule has 1 aliphatic rings. The van der Waals surface area contributed by atoms with Gasteiger partial charge < -0.3 is 10.0 Å². The molecule has 1 aromatic carbocycles. The fourth-order valence-electron chi connectivity index (χ4n) is 3.46. The molecule has 4 heteroatoms. The first-order valence-corrected chi connectivity index (χ1v) is 7.58. The molecule has 1 aromatic rings. The van der Waals surface area contributed by atoms with Crippen molar-refractivity contribution in [2.75, 3.05) is 7.05 Å². The first-order chi connectivity index (χ1) is 10.0. The van der Waals surface area contributed by atoms with Crippen LogP contribution in [0.5, 0.6) is 0 Å². The summed E-state index contributed by atoms with van der Waals surface area (Å²) >= 11 is 0. The van der Waals surface area contributed by atoms with E-state index < -0.39 is 17.4 Å². The van der Waals surface area contributed by atoms with Gasteiger partial charge >= 0.3 is 5.97 Å². The Morgan fingerprint density at radius 1 is 1.24 bits per heavy atom. The number of carbonyl (C=O) groups excluding carboxylic acids is 1. The minimum Gasteiger partial charge on any atom is -0.480 e. The SMILES string of the molecule is CCC(C(=O)O)N(C)C(=O)C1(c2ccccc2)CCCC1. The van der Waals surface area contributed by atoms with Gasteiger partial charge in [-0.1, -0.05) is 50.1 Å². The van der Waals surface area contributed by atoms with Crippen LogP contribution in [0.15, 0.2) is 30.3 Å². The zero-order chi connectivity index (χ0) is 15.5. The first kappa shape index (κ1) is 15.5. The van der Waals surface area contributed by atoms with Crippen LogP contribution in [0.2, 0.25) is 0 Å². The molecule has 0 aromatic heterocycles. The van der Waals surface area contributed by atoms with Gasteiger partial charge in [-0.15, -0.1) is 0 Å². The first-order valence-electron chi connectivity index (χ1n) is 7.58. The molecule has 21 heavy (non-hydrogen) atoms. The van der Waals surface area contributed by atoms with Crippen LogP contribution < -0.4 is 0 Å². The van der Waals surface area contributed by atoms with Gasteiger partial charge in [0.25, 0.3) is 0 Å². The summed E-state index contributed by atoms with van der Waals surface area (Å²) in [6.45, 7) is 1.80. The fourth-order valence-corrected chi connectivity index (χ4v) is 3.46. The molecular weight excluding hydrogens is 266 g/mol. The molecule has 0 heterocycles. The Hall–Kier alpha value is -1.84. The Balaban J connectivity index is 2.35. The monoisotopic (exact) mass is 289 g/mol. The molecule has 1 amide bonds. The van der Waals surface area contributed by atoms with Gasteiger partial charge in [0.1, 0.15) is 6.04 Å². The summed E-state index contributed by atoms with van der Waals surface area (Å²) in [5, 5.41) is 9.30. The summed E-state index contributed by atoms with van der Waals surface area (Å²) in [6, 6.07) is 9.04. The van der Waals surface area contributed by atoms with Crippen LogP contribution in [0.3, 0.4) is 0 Å². The Bertz CT molecular complexity index is 506. The second kappa shape index (κ2) is 6.29. The molecule has 1 atom stereocenters. The Labute approximate surface area is 125 Å². The van der Waals surface area contributed by atoms with Gasteiger partial charge in [-0.25, -0.2) is 4.79 Å². The molecule has 114 valence electrons. The van der Waals surface area contributed by atoms with Crippen molar-refractivity contribution >= 4 is 11.9 Å². The van der Waals surface area contributed by atoms with Crippen LogP contribution in [-0.2, 0) is 15.0 Å². The third-order valence-corrected chi connectivity index (χ3v) is 4.65. The lowest BCUT2D eigenvalue weighted by molar-refractivity contribution is -0.151. The highest BCUT2D eigenvalue weighted by Gasteiger charge is 2.45. The minimum absolute atomic E-state index is 0.0551. The fraction of sp³-hybridized carbons (Fsp3) is 0.529. The summed E-state index contributed by atoms with van der Waals surface area (Å²) in [5.41, 5.74) is 0.471. The van der Waals surface area contributed by atoms with Crippen molar-refractivity contribution in [1.29, 1.82) is 0 Å². The molecule has 0 aliphatic heterocycles. The predicted octanol–water partition coefficient (Wildman–Crippen LogP) is 2.82. The van der Waals surface area contributed by atoms with Crippen LogP contribution in [0.4, 0.5) is 0 Å². The van der Waals surface area contributed by atoms with E-state index in [0.717, 1.165) is 31.2 Å². The van der Waals surface area contributed by atoms with Gasteiger partial charge in [0.05, 0.1) is 5.41 Å².